The number of nitrogens with two attached hydrogens (primary N) is 2. The summed E-state index contributed by atoms with van der Waals surface area (Å²) in [6.45, 7) is 6.58. The van der Waals surface area contributed by atoms with E-state index in [1.54, 1.807) is 4.57 Å². The van der Waals surface area contributed by atoms with Crippen LogP contribution in [0.4, 0.5) is 11.6 Å². The fourth-order valence-electron chi connectivity index (χ4n) is 2.41. The van der Waals surface area contributed by atoms with Gasteiger partial charge >= 0.3 is 0 Å². The van der Waals surface area contributed by atoms with Crippen LogP contribution in [0.25, 0.3) is 6.20 Å². The lowest BCUT2D eigenvalue weighted by molar-refractivity contribution is 0.590. The molecule has 1 aliphatic heterocycles. The molecule has 0 spiro atoms. The van der Waals surface area contributed by atoms with Gasteiger partial charge in [-0.1, -0.05) is 32.9 Å². The number of hydrogen-bond donors (Lipinski definition) is 2. The molecule has 4 N–H and O–H groups in total. The molecule has 6 nitrogen and oxygen atoms in total. The molecule has 0 aliphatic carbocycles. The molecule has 1 aromatic carbocycles. The topological polar surface area (TPSA) is 86.0 Å². The molecular formula is C15H20N6. The third-order valence-electron chi connectivity index (χ3n) is 3.72. The number of aromatic nitrogens is 3. The van der Waals surface area contributed by atoms with E-state index in [0.29, 0.717) is 11.8 Å². The van der Waals surface area contributed by atoms with Gasteiger partial charge in [0.05, 0.1) is 0 Å². The largest absolute Gasteiger partial charge is 0.368 e. The standard InChI is InChI=1S/C15H20N6/c1-15(2,3)10-4-6-11(7-5-10)20-8-9-21-13(12(20)16)18-19-14(21)17/h4-9,12H,16H2,1-3H3,(H2,17,19). The third kappa shape index (κ3) is 2.27. The van der Waals surface area contributed by atoms with Crippen LogP contribution in [-0.4, -0.2) is 14.8 Å². The highest BCUT2D eigenvalue weighted by Gasteiger charge is 2.25. The summed E-state index contributed by atoms with van der Waals surface area (Å²) < 4.78 is 1.70. The number of rotatable bonds is 1. The van der Waals surface area contributed by atoms with E-state index < -0.39 is 6.17 Å². The van der Waals surface area contributed by atoms with E-state index in [9.17, 15) is 0 Å². The number of hydrogen-bond acceptors (Lipinski definition) is 5. The zero-order valence-electron chi connectivity index (χ0n) is 12.5. The SMILES string of the molecule is CC(C)(C)c1ccc(N2C=Cn3c(N)nnc3C2N)cc1. The summed E-state index contributed by atoms with van der Waals surface area (Å²) in [6.07, 6.45) is 3.31. The highest BCUT2D eigenvalue weighted by Crippen LogP contribution is 2.30. The van der Waals surface area contributed by atoms with Crippen molar-refractivity contribution in [3.8, 4) is 0 Å². The molecule has 0 bridgehead atoms. The quantitative estimate of drug-likeness (QED) is 0.837. The zero-order valence-corrected chi connectivity index (χ0v) is 12.5. The molecule has 2 aromatic rings. The summed E-state index contributed by atoms with van der Waals surface area (Å²) >= 11 is 0. The predicted octanol–water partition coefficient (Wildman–Crippen LogP) is 2.06. The van der Waals surface area contributed by atoms with E-state index >= 15 is 0 Å². The number of anilines is 2. The van der Waals surface area contributed by atoms with Gasteiger partial charge in [-0.25, -0.2) is 0 Å². The van der Waals surface area contributed by atoms with Crippen molar-refractivity contribution < 1.29 is 0 Å². The van der Waals surface area contributed by atoms with Crippen LogP contribution in [0.5, 0.6) is 0 Å². The molecule has 0 saturated carbocycles. The molecule has 0 saturated heterocycles. The van der Waals surface area contributed by atoms with Crippen LogP contribution in [0.2, 0.25) is 0 Å². The van der Waals surface area contributed by atoms with Gasteiger partial charge in [-0.05, 0) is 23.1 Å². The van der Waals surface area contributed by atoms with Crippen molar-refractivity contribution in [2.45, 2.75) is 32.4 Å². The van der Waals surface area contributed by atoms with Crippen molar-refractivity contribution in [2.75, 3.05) is 10.6 Å². The van der Waals surface area contributed by atoms with Gasteiger partial charge < -0.3 is 16.4 Å². The van der Waals surface area contributed by atoms with E-state index in [1.807, 2.05) is 17.3 Å². The lowest BCUT2D eigenvalue weighted by atomic mass is 9.87. The predicted molar refractivity (Wildman–Crippen MR) is 84.3 cm³/mol. The summed E-state index contributed by atoms with van der Waals surface area (Å²) in [5, 5.41) is 7.90. The number of nitrogen functional groups attached to an aromatic ring is 1. The maximum atomic E-state index is 6.26. The Morgan fingerprint density at radius 2 is 1.71 bits per heavy atom. The van der Waals surface area contributed by atoms with Gasteiger partial charge in [0.1, 0.15) is 6.17 Å². The highest BCUT2D eigenvalue weighted by molar-refractivity contribution is 5.57. The minimum Gasteiger partial charge on any atom is -0.368 e. The molecule has 110 valence electrons. The smallest absolute Gasteiger partial charge is 0.226 e. The molecule has 21 heavy (non-hydrogen) atoms. The Kier molecular flexibility index (Phi) is 2.98. The first kappa shape index (κ1) is 13.6. The fraction of sp³-hybridized carbons (Fsp3) is 0.333. The Morgan fingerprint density at radius 3 is 2.33 bits per heavy atom. The molecular weight excluding hydrogens is 264 g/mol. The van der Waals surface area contributed by atoms with Crippen LogP contribution in [0, 0.1) is 0 Å². The van der Waals surface area contributed by atoms with Crippen molar-refractivity contribution in [3.05, 3.63) is 41.9 Å². The lowest BCUT2D eigenvalue weighted by Crippen LogP contribution is -2.35. The highest BCUT2D eigenvalue weighted by atomic mass is 15.4. The summed E-state index contributed by atoms with van der Waals surface area (Å²) in [6, 6.07) is 8.40. The molecule has 0 radical (unpaired) electrons. The zero-order chi connectivity index (χ0) is 15.2. The van der Waals surface area contributed by atoms with Crippen molar-refractivity contribution in [2.24, 2.45) is 5.73 Å². The number of benzene rings is 1. The van der Waals surface area contributed by atoms with Gasteiger partial charge in [0.2, 0.25) is 5.95 Å². The van der Waals surface area contributed by atoms with Gasteiger partial charge in [-0.15, -0.1) is 10.2 Å². The number of nitrogens with zero attached hydrogens (tertiary/aromatic N) is 4. The molecule has 6 heteroatoms. The molecule has 0 amide bonds. The van der Waals surface area contributed by atoms with Crippen LogP contribution in [0.15, 0.2) is 30.5 Å². The second kappa shape index (κ2) is 4.60. The minimum atomic E-state index is -0.403. The molecule has 1 aliphatic rings. The van der Waals surface area contributed by atoms with Crippen molar-refractivity contribution in [1.29, 1.82) is 0 Å². The molecule has 1 aromatic heterocycles. The first-order chi connectivity index (χ1) is 9.88. The Labute approximate surface area is 124 Å². The van der Waals surface area contributed by atoms with Crippen LogP contribution >= 0.6 is 0 Å². The van der Waals surface area contributed by atoms with Crippen molar-refractivity contribution >= 4 is 17.8 Å². The fourth-order valence-corrected chi connectivity index (χ4v) is 2.41. The van der Waals surface area contributed by atoms with E-state index in [0.717, 1.165) is 5.69 Å². The van der Waals surface area contributed by atoms with Gasteiger partial charge in [0.15, 0.2) is 5.82 Å². The summed E-state index contributed by atoms with van der Waals surface area (Å²) in [5.41, 5.74) is 14.4. The average Bonchev–Trinajstić information content (AvgIpc) is 2.81. The van der Waals surface area contributed by atoms with Crippen LogP contribution in [0.1, 0.15) is 38.3 Å². The Bertz CT molecular complexity index is 677. The molecule has 2 heterocycles. The van der Waals surface area contributed by atoms with Crippen molar-refractivity contribution in [3.63, 3.8) is 0 Å². The molecule has 0 fully saturated rings. The lowest BCUT2D eigenvalue weighted by Gasteiger charge is -2.30. The van der Waals surface area contributed by atoms with Gasteiger partial charge in [0.25, 0.3) is 0 Å². The minimum absolute atomic E-state index is 0.132. The molecule has 3 rings (SSSR count). The average molecular weight is 284 g/mol. The maximum absolute atomic E-state index is 6.26. The first-order valence-electron chi connectivity index (χ1n) is 6.91. The Hall–Kier alpha value is -2.34. The normalized spacial score (nSPS) is 17.9. The van der Waals surface area contributed by atoms with Gasteiger partial charge in [-0.2, -0.15) is 0 Å². The van der Waals surface area contributed by atoms with Gasteiger partial charge in [0, 0.05) is 18.1 Å². The summed E-state index contributed by atoms with van der Waals surface area (Å²) in [7, 11) is 0. The van der Waals surface area contributed by atoms with Crippen LogP contribution in [-0.2, 0) is 5.41 Å². The van der Waals surface area contributed by atoms with Crippen molar-refractivity contribution in [1.82, 2.24) is 14.8 Å². The first-order valence-corrected chi connectivity index (χ1v) is 6.91. The third-order valence-corrected chi connectivity index (χ3v) is 3.72. The van der Waals surface area contributed by atoms with E-state index in [1.165, 1.54) is 5.56 Å². The molecule has 1 unspecified atom stereocenters. The van der Waals surface area contributed by atoms with Gasteiger partial charge in [-0.3, -0.25) is 4.57 Å². The second-order valence-electron chi connectivity index (χ2n) is 6.23. The van der Waals surface area contributed by atoms with E-state index in [4.69, 9.17) is 11.5 Å². The van der Waals surface area contributed by atoms with Crippen LogP contribution in [0.3, 0.4) is 0 Å². The van der Waals surface area contributed by atoms with E-state index in [2.05, 4.69) is 55.2 Å². The monoisotopic (exact) mass is 284 g/mol. The maximum Gasteiger partial charge on any atom is 0.226 e. The molecule has 1 atom stereocenters. The van der Waals surface area contributed by atoms with Crippen LogP contribution < -0.4 is 16.4 Å². The summed E-state index contributed by atoms with van der Waals surface area (Å²) in [4.78, 5) is 1.95. The second-order valence-corrected chi connectivity index (χ2v) is 6.23. The summed E-state index contributed by atoms with van der Waals surface area (Å²) in [5.74, 6) is 0.981. The Balaban J connectivity index is 1.92. The van der Waals surface area contributed by atoms with E-state index in [-0.39, 0.29) is 5.41 Å². The Morgan fingerprint density at radius 1 is 1.05 bits per heavy atom. The number of fused-ring (bicyclic) bond motifs is 1.